The van der Waals surface area contributed by atoms with E-state index in [1.54, 1.807) is 42.5 Å². The molecule has 0 aliphatic carbocycles. The molecular formula is C16H14F3N5OS. The van der Waals surface area contributed by atoms with Crippen molar-refractivity contribution in [2.24, 2.45) is 7.05 Å². The lowest BCUT2D eigenvalue weighted by atomic mass is 10.1. The molecule has 0 N–H and O–H groups in total. The molecule has 0 bridgehead atoms. The second-order valence-electron chi connectivity index (χ2n) is 5.59. The molecule has 3 heterocycles. The predicted molar refractivity (Wildman–Crippen MR) is 89.4 cm³/mol. The van der Waals surface area contributed by atoms with Gasteiger partial charge in [-0.1, -0.05) is 0 Å². The summed E-state index contributed by atoms with van der Waals surface area (Å²) in [6.07, 6.45) is 0.398. The summed E-state index contributed by atoms with van der Waals surface area (Å²) in [5.74, 6) is -0.360. The minimum atomic E-state index is -4.49. The molecule has 0 aliphatic heterocycles. The summed E-state index contributed by atoms with van der Waals surface area (Å²) in [7, 11) is 3.26. The number of hydrogen-bond acceptors (Lipinski definition) is 5. The van der Waals surface area contributed by atoms with Crippen LogP contribution in [0.5, 0.6) is 0 Å². The molecule has 3 rings (SSSR count). The van der Waals surface area contributed by atoms with Gasteiger partial charge in [0.2, 0.25) is 0 Å². The number of thiazole rings is 1. The third-order valence-electron chi connectivity index (χ3n) is 3.58. The second-order valence-corrected chi connectivity index (χ2v) is 6.53. The van der Waals surface area contributed by atoms with Crippen LogP contribution in [0.4, 0.5) is 13.2 Å². The number of hydrogen-bond donors (Lipinski definition) is 0. The lowest BCUT2D eigenvalue weighted by molar-refractivity contribution is -0.140. The van der Waals surface area contributed by atoms with E-state index in [-0.39, 0.29) is 17.5 Å². The molecule has 0 saturated heterocycles. The third-order valence-corrected chi connectivity index (χ3v) is 4.41. The molecule has 0 aliphatic rings. The van der Waals surface area contributed by atoms with Crippen LogP contribution in [0.2, 0.25) is 0 Å². The van der Waals surface area contributed by atoms with Crippen molar-refractivity contribution < 1.29 is 18.0 Å². The summed E-state index contributed by atoms with van der Waals surface area (Å²) in [4.78, 5) is 21.9. The number of carbonyl (C=O) groups excluding carboxylic acids is 1. The van der Waals surface area contributed by atoms with Gasteiger partial charge in [0.25, 0.3) is 5.91 Å². The first-order valence-corrected chi connectivity index (χ1v) is 8.35. The largest absolute Gasteiger partial charge is 0.434 e. The van der Waals surface area contributed by atoms with E-state index in [4.69, 9.17) is 0 Å². The van der Waals surface area contributed by atoms with Crippen LogP contribution in [0.15, 0.2) is 36.1 Å². The molecule has 26 heavy (non-hydrogen) atoms. The van der Waals surface area contributed by atoms with Gasteiger partial charge in [-0.05, 0) is 12.1 Å². The normalized spacial score (nSPS) is 11.6. The highest BCUT2D eigenvalue weighted by Gasteiger charge is 2.34. The number of alkyl halides is 3. The molecule has 3 aromatic rings. The first-order chi connectivity index (χ1) is 12.3. The van der Waals surface area contributed by atoms with E-state index in [2.05, 4.69) is 15.1 Å². The van der Waals surface area contributed by atoms with Crippen LogP contribution in [0, 0.1) is 0 Å². The first kappa shape index (κ1) is 18.1. The Morgan fingerprint density at radius 3 is 2.77 bits per heavy atom. The summed E-state index contributed by atoms with van der Waals surface area (Å²) in [6.45, 7) is -0.0268. The molecule has 1 amide bonds. The number of carbonyl (C=O) groups is 1. The Bertz CT molecular complexity index is 934. The Hall–Kier alpha value is -2.75. The van der Waals surface area contributed by atoms with Gasteiger partial charge in [0.15, 0.2) is 5.69 Å². The van der Waals surface area contributed by atoms with Gasteiger partial charge in [0.1, 0.15) is 5.01 Å². The van der Waals surface area contributed by atoms with Gasteiger partial charge in [0.05, 0.1) is 24.0 Å². The molecule has 136 valence electrons. The highest BCUT2D eigenvalue weighted by atomic mass is 32.1. The Balaban J connectivity index is 1.82. The minimum absolute atomic E-state index is 0.0268. The van der Waals surface area contributed by atoms with Crippen molar-refractivity contribution in [3.05, 3.63) is 52.4 Å². The van der Waals surface area contributed by atoms with E-state index < -0.39 is 11.9 Å². The quantitative estimate of drug-likeness (QED) is 0.696. The molecule has 0 saturated carbocycles. The molecule has 3 aromatic heterocycles. The van der Waals surface area contributed by atoms with Gasteiger partial charge < -0.3 is 4.90 Å². The number of aryl methyl sites for hydroxylation is 1. The minimum Gasteiger partial charge on any atom is -0.335 e. The van der Waals surface area contributed by atoms with Gasteiger partial charge in [-0.15, -0.1) is 11.3 Å². The smallest absolute Gasteiger partial charge is 0.335 e. The van der Waals surface area contributed by atoms with Crippen molar-refractivity contribution in [1.29, 1.82) is 0 Å². The van der Waals surface area contributed by atoms with Crippen molar-refractivity contribution >= 4 is 17.2 Å². The molecule has 0 unspecified atom stereocenters. The average Bonchev–Trinajstić information content (AvgIpc) is 3.23. The Labute approximate surface area is 150 Å². The van der Waals surface area contributed by atoms with Crippen LogP contribution in [0.3, 0.4) is 0 Å². The summed E-state index contributed by atoms with van der Waals surface area (Å²) in [5, 5.41) is 5.22. The fraction of sp³-hybridized carbons (Fsp3) is 0.250. The van der Waals surface area contributed by atoms with Crippen LogP contribution >= 0.6 is 11.3 Å². The van der Waals surface area contributed by atoms with Crippen LogP contribution in [-0.2, 0) is 19.8 Å². The van der Waals surface area contributed by atoms with Gasteiger partial charge in [0, 0.05) is 37.4 Å². The lowest BCUT2D eigenvalue weighted by Crippen LogP contribution is -2.27. The molecule has 6 nitrogen and oxygen atoms in total. The summed E-state index contributed by atoms with van der Waals surface area (Å²) >= 11 is 0.867. The number of pyridine rings is 1. The fourth-order valence-corrected chi connectivity index (χ4v) is 3.20. The molecule has 0 aromatic carbocycles. The van der Waals surface area contributed by atoms with Crippen molar-refractivity contribution in [2.45, 2.75) is 12.7 Å². The van der Waals surface area contributed by atoms with E-state index in [1.807, 2.05) is 0 Å². The average molecular weight is 381 g/mol. The maximum absolute atomic E-state index is 12.8. The zero-order valence-corrected chi connectivity index (χ0v) is 14.7. The van der Waals surface area contributed by atoms with Crippen molar-refractivity contribution in [3.63, 3.8) is 0 Å². The molecular weight excluding hydrogens is 367 g/mol. The zero-order valence-electron chi connectivity index (χ0n) is 13.9. The van der Waals surface area contributed by atoms with Gasteiger partial charge in [-0.3, -0.25) is 14.5 Å². The highest BCUT2D eigenvalue weighted by molar-refractivity contribution is 7.09. The monoisotopic (exact) mass is 381 g/mol. The van der Waals surface area contributed by atoms with Crippen molar-refractivity contribution in [2.75, 3.05) is 7.05 Å². The number of rotatable bonds is 4. The number of halogens is 3. The zero-order chi connectivity index (χ0) is 18.9. The summed E-state index contributed by atoms with van der Waals surface area (Å²) < 4.78 is 39.6. The molecule has 0 fully saturated rings. The van der Waals surface area contributed by atoms with Crippen LogP contribution in [-0.4, -0.2) is 37.6 Å². The Morgan fingerprint density at radius 1 is 1.38 bits per heavy atom. The molecule has 0 spiro atoms. The molecule has 10 heteroatoms. The first-order valence-electron chi connectivity index (χ1n) is 7.47. The molecule has 0 radical (unpaired) electrons. The summed E-state index contributed by atoms with van der Waals surface area (Å²) in [5.41, 5.74) is 0.539. The number of amides is 1. The van der Waals surface area contributed by atoms with E-state index in [0.717, 1.165) is 16.7 Å². The Kier molecular flexibility index (Phi) is 4.77. The Morgan fingerprint density at radius 2 is 2.15 bits per heavy atom. The number of nitrogens with zero attached hydrogens (tertiary/aromatic N) is 5. The van der Waals surface area contributed by atoms with Gasteiger partial charge >= 0.3 is 6.18 Å². The SMILES string of the molecule is CN(Cc1nc(C(F)(F)F)cs1)C(=O)c1cccnc1-c1cnn(C)c1. The van der Waals surface area contributed by atoms with E-state index in [1.165, 1.54) is 11.9 Å². The van der Waals surface area contributed by atoms with Crippen molar-refractivity contribution in [3.8, 4) is 11.3 Å². The maximum Gasteiger partial charge on any atom is 0.434 e. The molecule has 0 atom stereocenters. The van der Waals surface area contributed by atoms with Crippen LogP contribution in [0.1, 0.15) is 21.1 Å². The lowest BCUT2D eigenvalue weighted by Gasteiger charge is -2.17. The highest BCUT2D eigenvalue weighted by Crippen LogP contribution is 2.30. The van der Waals surface area contributed by atoms with E-state index >= 15 is 0 Å². The second kappa shape index (κ2) is 6.87. The predicted octanol–water partition coefficient (Wildman–Crippen LogP) is 3.23. The van der Waals surface area contributed by atoms with Gasteiger partial charge in [-0.25, -0.2) is 4.98 Å². The summed E-state index contributed by atoms with van der Waals surface area (Å²) in [6, 6.07) is 3.25. The van der Waals surface area contributed by atoms with Crippen molar-refractivity contribution in [1.82, 2.24) is 24.6 Å². The van der Waals surface area contributed by atoms with Gasteiger partial charge in [-0.2, -0.15) is 18.3 Å². The number of aromatic nitrogens is 4. The van der Waals surface area contributed by atoms with Crippen LogP contribution < -0.4 is 0 Å². The third kappa shape index (κ3) is 3.74. The maximum atomic E-state index is 12.8. The topological polar surface area (TPSA) is 63.9 Å². The standard InChI is InChI=1S/C16H14F3N5OS/c1-23(8-13-22-12(9-26-13)16(17,18)19)15(25)11-4-3-5-20-14(11)10-6-21-24(2)7-10/h3-7,9H,8H2,1-2H3. The van der Waals surface area contributed by atoms with E-state index in [9.17, 15) is 18.0 Å². The fourth-order valence-electron chi connectivity index (χ4n) is 2.35. The van der Waals surface area contributed by atoms with E-state index in [0.29, 0.717) is 16.8 Å². The van der Waals surface area contributed by atoms with Crippen LogP contribution in [0.25, 0.3) is 11.3 Å².